The average molecular weight is 156 g/mol. The van der Waals surface area contributed by atoms with Crippen LogP contribution in [0.1, 0.15) is 12.0 Å². The van der Waals surface area contributed by atoms with Crippen LogP contribution in [-0.2, 0) is 16.5 Å². The van der Waals surface area contributed by atoms with Crippen molar-refractivity contribution in [3.8, 4) is 0 Å². The fourth-order valence-electron chi connectivity index (χ4n) is 0.892. The van der Waals surface area contributed by atoms with E-state index in [4.69, 9.17) is 9.47 Å². The first kappa shape index (κ1) is 8.23. The van der Waals surface area contributed by atoms with Crippen molar-refractivity contribution >= 4 is 0 Å². The predicted octanol–water partition coefficient (Wildman–Crippen LogP) is 0.712. The van der Waals surface area contributed by atoms with Gasteiger partial charge in [-0.2, -0.15) is 0 Å². The summed E-state index contributed by atoms with van der Waals surface area (Å²) < 4.78 is 11.8. The Balaban J connectivity index is 2.73. The summed E-state index contributed by atoms with van der Waals surface area (Å²) in [5.74, 6) is 0. The van der Waals surface area contributed by atoms with E-state index in [1.807, 2.05) is 17.8 Å². The lowest BCUT2D eigenvalue weighted by atomic mass is 10.5. The molecule has 0 aliphatic carbocycles. The fraction of sp³-hybridized carbons (Fsp3) is 0.571. The van der Waals surface area contributed by atoms with Crippen molar-refractivity contribution < 1.29 is 9.47 Å². The second kappa shape index (κ2) is 3.50. The van der Waals surface area contributed by atoms with Crippen LogP contribution < -0.4 is 0 Å². The van der Waals surface area contributed by atoms with Gasteiger partial charge in [0.05, 0.1) is 6.33 Å². The molecule has 4 heteroatoms. The standard InChI is InChI=1S/C7H12N2O2/c1-9-4-6(8-5-9)7(10-2)11-3/h4-5,7H,1-3H3. The molecule has 0 saturated heterocycles. The Labute approximate surface area is 65.8 Å². The van der Waals surface area contributed by atoms with Gasteiger partial charge in [-0.1, -0.05) is 0 Å². The van der Waals surface area contributed by atoms with Crippen LogP contribution in [0.25, 0.3) is 0 Å². The maximum Gasteiger partial charge on any atom is 0.202 e. The minimum atomic E-state index is -0.351. The van der Waals surface area contributed by atoms with Gasteiger partial charge in [-0.3, -0.25) is 0 Å². The second-order valence-corrected chi connectivity index (χ2v) is 2.27. The molecule has 1 rings (SSSR count). The minimum Gasteiger partial charge on any atom is -0.350 e. The van der Waals surface area contributed by atoms with E-state index in [2.05, 4.69) is 4.98 Å². The monoisotopic (exact) mass is 156 g/mol. The minimum absolute atomic E-state index is 0.351. The highest BCUT2D eigenvalue weighted by Crippen LogP contribution is 2.13. The molecular weight excluding hydrogens is 144 g/mol. The molecule has 0 radical (unpaired) electrons. The molecule has 0 atom stereocenters. The average Bonchev–Trinajstić information content (AvgIpc) is 2.39. The van der Waals surface area contributed by atoms with Gasteiger partial charge in [-0.05, 0) is 0 Å². The van der Waals surface area contributed by atoms with Crippen LogP contribution >= 0.6 is 0 Å². The first-order valence-corrected chi connectivity index (χ1v) is 3.31. The van der Waals surface area contributed by atoms with Crippen molar-refractivity contribution in [2.75, 3.05) is 14.2 Å². The Morgan fingerprint density at radius 2 is 2.09 bits per heavy atom. The van der Waals surface area contributed by atoms with Gasteiger partial charge < -0.3 is 14.0 Å². The molecule has 1 heterocycles. The molecule has 0 spiro atoms. The lowest BCUT2D eigenvalue weighted by Crippen LogP contribution is -2.03. The number of rotatable bonds is 3. The topological polar surface area (TPSA) is 36.3 Å². The summed E-state index contributed by atoms with van der Waals surface area (Å²) in [6, 6.07) is 0. The maximum atomic E-state index is 5.00. The van der Waals surface area contributed by atoms with Crippen LogP contribution in [-0.4, -0.2) is 23.8 Å². The van der Waals surface area contributed by atoms with Crippen molar-refractivity contribution in [2.24, 2.45) is 7.05 Å². The third-order valence-electron chi connectivity index (χ3n) is 1.39. The lowest BCUT2D eigenvalue weighted by molar-refractivity contribution is -0.108. The number of aromatic nitrogens is 2. The van der Waals surface area contributed by atoms with E-state index in [1.165, 1.54) is 0 Å². The molecule has 0 bridgehead atoms. The number of imidazole rings is 1. The number of ether oxygens (including phenoxy) is 2. The summed E-state index contributed by atoms with van der Waals surface area (Å²) in [5.41, 5.74) is 0.789. The van der Waals surface area contributed by atoms with E-state index in [0.29, 0.717) is 0 Å². The zero-order valence-electron chi connectivity index (χ0n) is 6.94. The normalized spacial score (nSPS) is 10.9. The van der Waals surface area contributed by atoms with Gasteiger partial charge in [-0.25, -0.2) is 4.98 Å². The van der Waals surface area contributed by atoms with E-state index in [-0.39, 0.29) is 6.29 Å². The Morgan fingerprint density at radius 3 is 2.45 bits per heavy atom. The summed E-state index contributed by atoms with van der Waals surface area (Å²) in [6.45, 7) is 0. The Bertz CT molecular complexity index is 218. The second-order valence-electron chi connectivity index (χ2n) is 2.27. The van der Waals surface area contributed by atoms with Crippen LogP contribution in [0.15, 0.2) is 12.5 Å². The van der Waals surface area contributed by atoms with Crippen molar-refractivity contribution in [3.05, 3.63) is 18.2 Å². The first-order chi connectivity index (χ1) is 5.27. The predicted molar refractivity (Wildman–Crippen MR) is 40.0 cm³/mol. The Kier molecular flexibility index (Phi) is 2.62. The van der Waals surface area contributed by atoms with E-state index in [1.54, 1.807) is 20.5 Å². The quantitative estimate of drug-likeness (QED) is 0.605. The van der Waals surface area contributed by atoms with Gasteiger partial charge in [0.25, 0.3) is 0 Å². The smallest absolute Gasteiger partial charge is 0.202 e. The van der Waals surface area contributed by atoms with Gasteiger partial charge in [0.1, 0.15) is 5.69 Å². The Morgan fingerprint density at radius 1 is 1.45 bits per heavy atom. The van der Waals surface area contributed by atoms with Gasteiger partial charge in [-0.15, -0.1) is 0 Å². The highest BCUT2D eigenvalue weighted by Gasteiger charge is 2.10. The summed E-state index contributed by atoms with van der Waals surface area (Å²) in [6.07, 6.45) is 3.22. The molecule has 0 N–H and O–H groups in total. The number of methoxy groups -OCH3 is 2. The molecule has 1 aromatic rings. The molecule has 0 aromatic carbocycles. The summed E-state index contributed by atoms with van der Waals surface area (Å²) >= 11 is 0. The maximum absolute atomic E-state index is 5.00. The van der Waals surface area contributed by atoms with Gasteiger partial charge >= 0.3 is 0 Å². The van der Waals surface area contributed by atoms with Crippen LogP contribution in [0.4, 0.5) is 0 Å². The number of aryl methyl sites for hydroxylation is 1. The van der Waals surface area contributed by atoms with Gasteiger partial charge in [0, 0.05) is 27.5 Å². The molecule has 0 unspecified atom stereocenters. The van der Waals surface area contributed by atoms with Crippen molar-refractivity contribution in [3.63, 3.8) is 0 Å². The molecule has 62 valence electrons. The lowest BCUT2D eigenvalue weighted by Gasteiger charge is -2.09. The molecule has 0 amide bonds. The summed E-state index contributed by atoms with van der Waals surface area (Å²) in [5, 5.41) is 0. The van der Waals surface area contributed by atoms with Crippen LogP contribution in [0.3, 0.4) is 0 Å². The van der Waals surface area contributed by atoms with Crippen molar-refractivity contribution in [1.29, 1.82) is 0 Å². The summed E-state index contributed by atoms with van der Waals surface area (Å²) in [4.78, 5) is 4.07. The molecule has 0 aliphatic heterocycles. The summed E-state index contributed by atoms with van der Waals surface area (Å²) in [7, 11) is 5.07. The zero-order valence-corrected chi connectivity index (χ0v) is 6.94. The SMILES string of the molecule is COC(OC)c1cn(C)cn1. The molecule has 0 fully saturated rings. The number of hydrogen-bond acceptors (Lipinski definition) is 3. The van der Waals surface area contributed by atoms with Crippen molar-refractivity contribution in [1.82, 2.24) is 9.55 Å². The van der Waals surface area contributed by atoms with Gasteiger partial charge in [0.2, 0.25) is 6.29 Å². The molecule has 11 heavy (non-hydrogen) atoms. The molecule has 0 aliphatic rings. The fourth-order valence-corrected chi connectivity index (χ4v) is 0.892. The number of hydrogen-bond donors (Lipinski definition) is 0. The molecule has 1 aromatic heterocycles. The largest absolute Gasteiger partial charge is 0.350 e. The third kappa shape index (κ3) is 1.78. The van der Waals surface area contributed by atoms with E-state index in [9.17, 15) is 0 Å². The van der Waals surface area contributed by atoms with Crippen molar-refractivity contribution in [2.45, 2.75) is 6.29 Å². The van der Waals surface area contributed by atoms with Gasteiger partial charge in [0.15, 0.2) is 0 Å². The van der Waals surface area contributed by atoms with Crippen LogP contribution in [0.5, 0.6) is 0 Å². The molecule has 0 saturated carbocycles. The zero-order chi connectivity index (χ0) is 8.27. The highest BCUT2D eigenvalue weighted by molar-refractivity contribution is 4.97. The Hall–Kier alpha value is -0.870. The number of nitrogens with zero attached hydrogens (tertiary/aromatic N) is 2. The van der Waals surface area contributed by atoms with Crippen LogP contribution in [0, 0.1) is 0 Å². The third-order valence-corrected chi connectivity index (χ3v) is 1.39. The van der Waals surface area contributed by atoms with E-state index < -0.39 is 0 Å². The first-order valence-electron chi connectivity index (χ1n) is 3.31. The van der Waals surface area contributed by atoms with E-state index in [0.717, 1.165) is 5.69 Å². The highest BCUT2D eigenvalue weighted by atomic mass is 16.7. The van der Waals surface area contributed by atoms with E-state index >= 15 is 0 Å². The van der Waals surface area contributed by atoms with Crippen LogP contribution in [0.2, 0.25) is 0 Å². The molecule has 4 nitrogen and oxygen atoms in total. The molecular formula is C7H12N2O2.